The third kappa shape index (κ3) is 5.40. The van der Waals surface area contributed by atoms with E-state index in [4.69, 9.17) is 16.0 Å². The van der Waals surface area contributed by atoms with Crippen LogP contribution >= 0.6 is 11.6 Å². The second-order valence-electron chi connectivity index (χ2n) is 8.30. The Bertz CT molecular complexity index is 814. The summed E-state index contributed by atoms with van der Waals surface area (Å²) < 4.78 is 6.06. The van der Waals surface area contributed by atoms with Gasteiger partial charge in [0, 0.05) is 24.5 Å². The number of benzene rings is 1. The van der Waals surface area contributed by atoms with Crippen molar-refractivity contribution in [1.82, 2.24) is 14.8 Å². The maximum Gasteiger partial charge on any atom is 0.236 e. The lowest BCUT2D eigenvalue weighted by molar-refractivity contribution is -0.133. The monoisotopic (exact) mass is 415 g/mol. The van der Waals surface area contributed by atoms with Gasteiger partial charge in [-0.3, -0.25) is 9.69 Å². The molecule has 1 aromatic carbocycles. The number of likely N-dealkylation sites (tertiary alicyclic amines) is 2. The highest BCUT2D eigenvalue weighted by molar-refractivity contribution is 6.31. The molecule has 2 aliphatic heterocycles. The molecule has 0 N–H and O–H groups in total. The van der Waals surface area contributed by atoms with Crippen LogP contribution in [0.2, 0.25) is 5.02 Å². The summed E-state index contributed by atoms with van der Waals surface area (Å²) in [6.45, 7) is 4.20. The molecule has 6 heteroatoms. The van der Waals surface area contributed by atoms with Crippen molar-refractivity contribution in [3.05, 3.63) is 52.7 Å². The SMILES string of the molecule is O=C(CN1CCCCCC1)N1CCCC(c2ncc(Cc3ccccc3Cl)o2)C1. The van der Waals surface area contributed by atoms with Crippen molar-refractivity contribution in [3.8, 4) is 0 Å². The van der Waals surface area contributed by atoms with E-state index >= 15 is 0 Å². The third-order valence-electron chi connectivity index (χ3n) is 6.07. The zero-order valence-corrected chi connectivity index (χ0v) is 17.7. The van der Waals surface area contributed by atoms with Gasteiger partial charge in [-0.05, 0) is 50.4 Å². The molecule has 1 amide bonds. The molecule has 0 spiro atoms. The van der Waals surface area contributed by atoms with Gasteiger partial charge in [-0.1, -0.05) is 42.6 Å². The molecule has 2 saturated heterocycles. The minimum Gasteiger partial charge on any atom is -0.445 e. The van der Waals surface area contributed by atoms with Crippen molar-refractivity contribution in [2.75, 3.05) is 32.7 Å². The molecule has 4 rings (SSSR count). The first-order valence-electron chi connectivity index (χ1n) is 10.9. The van der Waals surface area contributed by atoms with E-state index in [1.807, 2.05) is 29.2 Å². The second-order valence-corrected chi connectivity index (χ2v) is 8.71. The molecule has 0 radical (unpaired) electrons. The van der Waals surface area contributed by atoms with Crippen molar-refractivity contribution in [2.24, 2.45) is 0 Å². The summed E-state index contributed by atoms with van der Waals surface area (Å²) in [5.41, 5.74) is 1.04. The van der Waals surface area contributed by atoms with Gasteiger partial charge in [0.25, 0.3) is 0 Å². The van der Waals surface area contributed by atoms with Crippen molar-refractivity contribution in [2.45, 2.75) is 50.9 Å². The number of hydrogen-bond acceptors (Lipinski definition) is 4. The normalized spacial score (nSPS) is 21.1. The number of carbonyl (C=O) groups excluding carboxylic acids is 1. The number of aromatic nitrogens is 1. The Hall–Kier alpha value is -1.85. The highest BCUT2D eigenvalue weighted by atomic mass is 35.5. The molecule has 2 aliphatic rings. The lowest BCUT2D eigenvalue weighted by atomic mass is 9.98. The maximum absolute atomic E-state index is 12.9. The van der Waals surface area contributed by atoms with Crippen LogP contribution < -0.4 is 0 Å². The number of oxazole rings is 1. The highest BCUT2D eigenvalue weighted by Gasteiger charge is 2.28. The van der Waals surface area contributed by atoms with E-state index in [0.29, 0.717) is 19.5 Å². The first-order chi connectivity index (χ1) is 14.2. The van der Waals surface area contributed by atoms with Gasteiger partial charge < -0.3 is 9.32 Å². The van der Waals surface area contributed by atoms with Crippen LogP contribution in [0.3, 0.4) is 0 Å². The molecule has 0 aliphatic carbocycles. The third-order valence-corrected chi connectivity index (χ3v) is 6.44. The Morgan fingerprint density at radius 1 is 1.10 bits per heavy atom. The van der Waals surface area contributed by atoms with Crippen LogP contribution in [0.1, 0.15) is 61.7 Å². The van der Waals surface area contributed by atoms with Gasteiger partial charge in [-0.15, -0.1) is 0 Å². The Balaban J connectivity index is 1.35. The number of rotatable bonds is 5. The van der Waals surface area contributed by atoms with Crippen LogP contribution in [0.4, 0.5) is 0 Å². The smallest absolute Gasteiger partial charge is 0.236 e. The van der Waals surface area contributed by atoms with Crippen LogP contribution in [0.15, 0.2) is 34.9 Å². The number of amides is 1. The zero-order chi connectivity index (χ0) is 20.1. The Morgan fingerprint density at radius 3 is 2.69 bits per heavy atom. The average molecular weight is 416 g/mol. The number of halogens is 1. The second kappa shape index (κ2) is 9.77. The van der Waals surface area contributed by atoms with Gasteiger partial charge in [0.05, 0.1) is 18.7 Å². The molecule has 2 aromatic rings. The van der Waals surface area contributed by atoms with Gasteiger partial charge >= 0.3 is 0 Å². The summed E-state index contributed by atoms with van der Waals surface area (Å²) in [6, 6.07) is 7.81. The van der Waals surface area contributed by atoms with Crippen molar-refractivity contribution >= 4 is 17.5 Å². The summed E-state index contributed by atoms with van der Waals surface area (Å²) in [5, 5.41) is 0.744. The molecule has 1 atom stereocenters. The number of nitrogens with zero attached hydrogens (tertiary/aromatic N) is 3. The van der Waals surface area contributed by atoms with Crippen LogP contribution in [0.5, 0.6) is 0 Å². The molecule has 3 heterocycles. The number of piperidine rings is 1. The molecule has 1 aromatic heterocycles. The first-order valence-corrected chi connectivity index (χ1v) is 11.2. The Morgan fingerprint density at radius 2 is 1.90 bits per heavy atom. The van der Waals surface area contributed by atoms with Crippen LogP contribution in [0, 0.1) is 0 Å². The fraction of sp³-hybridized carbons (Fsp3) is 0.565. The summed E-state index contributed by atoms with van der Waals surface area (Å²) in [4.78, 5) is 21.7. The van der Waals surface area contributed by atoms with Gasteiger partial charge in [-0.2, -0.15) is 0 Å². The highest BCUT2D eigenvalue weighted by Crippen LogP contribution is 2.28. The van der Waals surface area contributed by atoms with Crippen LogP contribution in [-0.2, 0) is 11.2 Å². The first kappa shape index (κ1) is 20.4. The average Bonchev–Trinajstić information content (AvgIpc) is 3.05. The molecule has 156 valence electrons. The van der Waals surface area contributed by atoms with Gasteiger partial charge in [0.2, 0.25) is 5.91 Å². The maximum atomic E-state index is 12.9. The fourth-order valence-electron chi connectivity index (χ4n) is 4.41. The minimum atomic E-state index is 0.178. The molecular weight excluding hydrogens is 386 g/mol. The number of carbonyl (C=O) groups is 1. The van der Waals surface area contributed by atoms with E-state index in [9.17, 15) is 4.79 Å². The molecule has 0 bridgehead atoms. The lowest BCUT2D eigenvalue weighted by Crippen LogP contribution is -2.44. The zero-order valence-electron chi connectivity index (χ0n) is 17.0. The standard InChI is InChI=1S/C23H30ClN3O2/c24-21-10-4-3-8-18(21)14-20-15-25-23(29-20)19-9-7-13-27(16-19)22(28)17-26-11-5-1-2-6-12-26/h3-4,8,10,15,19H,1-2,5-7,9,11-14,16-17H2. The molecule has 0 saturated carbocycles. The summed E-state index contributed by atoms with van der Waals surface area (Å²) in [6.07, 6.45) is 9.45. The van der Waals surface area contributed by atoms with E-state index in [1.165, 1.54) is 25.7 Å². The van der Waals surface area contributed by atoms with Crippen molar-refractivity contribution < 1.29 is 9.21 Å². The molecular formula is C23H30ClN3O2. The van der Waals surface area contributed by atoms with Crippen molar-refractivity contribution in [3.63, 3.8) is 0 Å². The molecule has 29 heavy (non-hydrogen) atoms. The van der Waals surface area contributed by atoms with Gasteiger partial charge in [-0.25, -0.2) is 4.98 Å². The Labute approximate surface area is 178 Å². The topological polar surface area (TPSA) is 49.6 Å². The van der Waals surface area contributed by atoms with Crippen LogP contribution in [-0.4, -0.2) is 53.4 Å². The summed E-state index contributed by atoms with van der Waals surface area (Å²) >= 11 is 6.26. The predicted octanol–water partition coefficient (Wildman–Crippen LogP) is 4.50. The van der Waals surface area contributed by atoms with Gasteiger partial charge in [0.15, 0.2) is 5.89 Å². The van der Waals surface area contributed by atoms with Crippen LogP contribution in [0.25, 0.3) is 0 Å². The summed E-state index contributed by atoms with van der Waals surface area (Å²) in [7, 11) is 0. The van der Waals surface area contributed by atoms with Gasteiger partial charge in [0.1, 0.15) is 5.76 Å². The van der Waals surface area contributed by atoms with E-state index in [-0.39, 0.29) is 11.8 Å². The quantitative estimate of drug-likeness (QED) is 0.721. The largest absolute Gasteiger partial charge is 0.445 e. The number of hydrogen-bond donors (Lipinski definition) is 0. The molecule has 2 fully saturated rings. The van der Waals surface area contributed by atoms with E-state index in [0.717, 1.165) is 54.7 Å². The predicted molar refractivity (Wildman–Crippen MR) is 114 cm³/mol. The van der Waals surface area contributed by atoms with Crippen molar-refractivity contribution in [1.29, 1.82) is 0 Å². The minimum absolute atomic E-state index is 0.178. The summed E-state index contributed by atoms with van der Waals surface area (Å²) in [5.74, 6) is 2.00. The van der Waals surface area contributed by atoms with E-state index in [2.05, 4.69) is 9.88 Å². The van der Waals surface area contributed by atoms with E-state index in [1.54, 1.807) is 6.20 Å². The fourth-order valence-corrected chi connectivity index (χ4v) is 4.62. The van der Waals surface area contributed by atoms with E-state index < -0.39 is 0 Å². The lowest BCUT2D eigenvalue weighted by Gasteiger charge is -2.33. The molecule has 5 nitrogen and oxygen atoms in total. The molecule has 1 unspecified atom stereocenters. The Kier molecular flexibility index (Phi) is 6.88.